The summed E-state index contributed by atoms with van der Waals surface area (Å²) in [5.74, 6) is -1.71. The van der Waals surface area contributed by atoms with Gasteiger partial charge >= 0.3 is 0 Å². The second kappa shape index (κ2) is 7.65. The van der Waals surface area contributed by atoms with Gasteiger partial charge in [0.2, 0.25) is 0 Å². The summed E-state index contributed by atoms with van der Waals surface area (Å²) in [6, 6.07) is 15.0. The van der Waals surface area contributed by atoms with Gasteiger partial charge in [-0.15, -0.1) is 0 Å². The van der Waals surface area contributed by atoms with Crippen LogP contribution in [0.25, 0.3) is 0 Å². The summed E-state index contributed by atoms with van der Waals surface area (Å²) in [4.78, 5) is 36.6. The summed E-state index contributed by atoms with van der Waals surface area (Å²) >= 11 is 0. The number of hydrogen-bond donors (Lipinski definition) is 2. The Labute approximate surface area is 154 Å². The van der Waals surface area contributed by atoms with Crippen molar-refractivity contribution < 1.29 is 14.0 Å². The van der Waals surface area contributed by atoms with E-state index in [9.17, 15) is 18.8 Å². The summed E-state index contributed by atoms with van der Waals surface area (Å²) in [7, 11) is 0. The Morgan fingerprint density at radius 1 is 0.963 bits per heavy atom. The number of nitrogens with zero attached hydrogens (tertiary/aromatic N) is 1. The van der Waals surface area contributed by atoms with Gasteiger partial charge in [-0.1, -0.05) is 24.3 Å². The first-order valence-electron chi connectivity index (χ1n) is 8.10. The molecule has 2 amide bonds. The fourth-order valence-electron chi connectivity index (χ4n) is 2.62. The van der Waals surface area contributed by atoms with Crippen LogP contribution in [0, 0.1) is 5.82 Å². The highest BCUT2D eigenvalue weighted by Crippen LogP contribution is 2.15. The minimum Gasteiger partial charge on any atom is -0.366 e. The number of carbonyl (C=O) groups is 2. The number of halogens is 1. The zero-order chi connectivity index (χ0) is 19.4. The van der Waals surface area contributed by atoms with Crippen molar-refractivity contribution in [1.82, 2.24) is 4.57 Å². The number of pyridine rings is 1. The Balaban J connectivity index is 1.87. The first kappa shape index (κ1) is 18.1. The summed E-state index contributed by atoms with van der Waals surface area (Å²) in [5, 5.41) is 2.54. The lowest BCUT2D eigenvalue weighted by Crippen LogP contribution is -2.29. The average molecular weight is 365 g/mol. The Kier molecular flexibility index (Phi) is 5.12. The van der Waals surface area contributed by atoms with Gasteiger partial charge in [0.15, 0.2) is 0 Å². The molecule has 0 aliphatic carbocycles. The van der Waals surface area contributed by atoms with Crippen LogP contribution in [-0.4, -0.2) is 16.4 Å². The van der Waals surface area contributed by atoms with Crippen LogP contribution in [0.4, 0.5) is 10.1 Å². The van der Waals surface area contributed by atoms with E-state index in [1.54, 1.807) is 36.5 Å². The number of carbonyl (C=O) groups excluding carboxylic acids is 2. The molecule has 3 N–H and O–H groups in total. The Hall–Kier alpha value is -3.74. The second-order valence-corrected chi connectivity index (χ2v) is 5.85. The lowest BCUT2D eigenvalue weighted by Gasteiger charge is -2.10. The van der Waals surface area contributed by atoms with Crippen molar-refractivity contribution in [1.29, 1.82) is 0 Å². The second-order valence-electron chi connectivity index (χ2n) is 5.85. The molecule has 27 heavy (non-hydrogen) atoms. The van der Waals surface area contributed by atoms with Crippen molar-refractivity contribution in [3.63, 3.8) is 0 Å². The summed E-state index contributed by atoms with van der Waals surface area (Å²) < 4.78 is 14.4. The van der Waals surface area contributed by atoms with Crippen LogP contribution in [0.3, 0.4) is 0 Å². The van der Waals surface area contributed by atoms with E-state index in [1.165, 1.54) is 34.9 Å². The molecular weight excluding hydrogens is 349 g/mol. The number of rotatable bonds is 5. The van der Waals surface area contributed by atoms with E-state index < -0.39 is 17.4 Å². The van der Waals surface area contributed by atoms with E-state index in [0.29, 0.717) is 0 Å². The Morgan fingerprint density at radius 2 is 1.63 bits per heavy atom. The van der Waals surface area contributed by atoms with Crippen molar-refractivity contribution >= 4 is 17.5 Å². The van der Waals surface area contributed by atoms with Gasteiger partial charge in [0.1, 0.15) is 11.4 Å². The highest BCUT2D eigenvalue weighted by atomic mass is 19.1. The first-order chi connectivity index (χ1) is 13.0. The molecule has 0 aliphatic rings. The van der Waals surface area contributed by atoms with Gasteiger partial charge in [-0.05, 0) is 42.0 Å². The minimum absolute atomic E-state index is 0.0844. The maximum Gasteiger partial charge on any atom is 0.263 e. The number of anilines is 1. The molecule has 0 saturated carbocycles. The standard InChI is InChI=1S/C20H16FN3O3/c21-14-9-7-13(8-10-14)12-24-11-3-5-16(20(24)27)19(26)23-17-6-2-1-4-15(17)18(22)25/h1-11H,12H2,(H2,22,25)(H,23,26). The average Bonchev–Trinajstić information content (AvgIpc) is 2.65. The molecule has 1 aromatic heterocycles. The highest BCUT2D eigenvalue weighted by molar-refractivity contribution is 6.08. The van der Waals surface area contributed by atoms with Crippen molar-refractivity contribution in [3.05, 3.63) is 99.7 Å². The molecule has 0 radical (unpaired) electrons. The lowest BCUT2D eigenvalue weighted by atomic mass is 10.1. The number of para-hydroxylation sites is 1. The molecule has 6 nitrogen and oxygen atoms in total. The molecule has 0 bridgehead atoms. The third-order valence-corrected chi connectivity index (χ3v) is 3.97. The third kappa shape index (κ3) is 4.09. The van der Waals surface area contributed by atoms with Crippen LogP contribution >= 0.6 is 0 Å². The monoisotopic (exact) mass is 365 g/mol. The molecule has 0 atom stereocenters. The molecule has 136 valence electrons. The van der Waals surface area contributed by atoms with Crippen LogP contribution in [0.5, 0.6) is 0 Å². The van der Waals surface area contributed by atoms with Gasteiger partial charge in [-0.3, -0.25) is 14.4 Å². The predicted molar refractivity (Wildman–Crippen MR) is 99.1 cm³/mol. The molecule has 0 unspecified atom stereocenters. The largest absolute Gasteiger partial charge is 0.366 e. The zero-order valence-corrected chi connectivity index (χ0v) is 14.2. The number of hydrogen-bond acceptors (Lipinski definition) is 3. The van der Waals surface area contributed by atoms with Crippen LogP contribution in [0.15, 0.2) is 71.7 Å². The number of primary amides is 1. The number of nitrogens with one attached hydrogen (secondary N) is 1. The van der Waals surface area contributed by atoms with Gasteiger partial charge in [-0.2, -0.15) is 0 Å². The maximum absolute atomic E-state index is 13.0. The lowest BCUT2D eigenvalue weighted by molar-refractivity contribution is 0.100. The first-order valence-corrected chi connectivity index (χ1v) is 8.10. The predicted octanol–water partition coefficient (Wildman–Crippen LogP) is 2.39. The van der Waals surface area contributed by atoms with Crippen molar-refractivity contribution in [2.75, 3.05) is 5.32 Å². The van der Waals surface area contributed by atoms with Gasteiger partial charge < -0.3 is 15.6 Å². The van der Waals surface area contributed by atoms with E-state index in [-0.39, 0.29) is 29.2 Å². The molecule has 7 heteroatoms. The molecule has 0 spiro atoms. The molecular formula is C20H16FN3O3. The SMILES string of the molecule is NC(=O)c1ccccc1NC(=O)c1cccn(Cc2ccc(F)cc2)c1=O. The van der Waals surface area contributed by atoms with E-state index >= 15 is 0 Å². The van der Waals surface area contributed by atoms with Crippen LogP contribution in [0.2, 0.25) is 0 Å². The third-order valence-electron chi connectivity index (χ3n) is 3.97. The van der Waals surface area contributed by atoms with E-state index in [1.807, 2.05) is 0 Å². The van der Waals surface area contributed by atoms with E-state index in [0.717, 1.165) is 5.56 Å². The topological polar surface area (TPSA) is 94.2 Å². The van der Waals surface area contributed by atoms with Crippen molar-refractivity contribution in [3.8, 4) is 0 Å². The quantitative estimate of drug-likeness (QED) is 0.727. The van der Waals surface area contributed by atoms with Crippen molar-refractivity contribution in [2.24, 2.45) is 5.73 Å². The van der Waals surface area contributed by atoms with Gasteiger partial charge in [0.05, 0.1) is 17.8 Å². The fourth-order valence-corrected chi connectivity index (χ4v) is 2.62. The zero-order valence-electron chi connectivity index (χ0n) is 14.2. The molecule has 0 aliphatic heterocycles. The number of benzene rings is 2. The number of amides is 2. The highest BCUT2D eigenvalue weighted by Gasteiger charge is 2.15. The molecule has 3 aromatic rings. The minimum atomic E-state index is -0.687. The molecule has 2 aromatic carbocycles. The Bertz CT molecular complexity index is 1060. The molecule has 0 saturated heterocycles. The van der Waals surface area contributed by atoms with Crippen LogP contribution in [0.1, 0.15) is 26.3 Å². The van der Waals surface area contributed by atoms with Gasteiger partial charge in [0, 0.05) is 6.20 Å². The van der Waals surface area contributed by atoms with E-state index in [4.69, 9.17) is 5.73 Å². The Morgan fingerprint density at radius 3 is 2.33 bits per heavy atom. The summed E-state index contributed by atoms with van der Waals surface area (Å²) in [6.45, 7) is 0.193. The maximum atomic E-state index is 13.0. The van der Waals surface area contributed by atoms with Gasteiger partial charge in [0.25, 0.3) is 17.4 Å². The number of aromatic nitrogens is 1. The van der Waals surface area contributed by atoms with Crippen molar-refractivity contribution in [2.45, 2.75) is 6.54 Å². The summed E-state index contributed by atoms with van der Waals surface area (Å²) in [5.41, 5.74) is 5.80. The smallest absolute Gasteiger partial charge is 0.263 e. The fraction of sp³-hybridized carbons (Fsp3) is 0.0500. The number of nitrogens with two attached hydrogens (primary N) is 1. The van der Waals surface area contributed by atoms with Gasteiger partial charge in [-0.25, -0.2) is 4.39 Å². The molecule has 0 fully saturated rings. The van der Waals surface area contributed by atoms with Crippen LogP contribution in [-0.2, 0) is 6.54 Å². The summed E-state index contributed by atoms with van der Waals surface area (Å²) in [6.07, 6.45) is 1.54. The molecule has 1 heterocycles. The van der Waals surface area contributed by atoms with E-state index in [2.05, 4.69) is 5.32 Å². The molecule has 3 rings (SSSR count). The van der Waals surface area contributed by atoms with Crippen LogP contribution < -0.4 is 16.6 Å². The normalized spacial score (nSPS) is 10.4.